The normalized spacial score (nSPS) is 26.2. The number of aliphatic hydroxyl groups excluding tert-OH is 1. The minimum atomic E-state index is -4.42. The summed E-state index contributed by atoms with van der Waals surface area (Å²) in [5.74, 6) is -0.487. The molecule has 0 radical (unpaired) electrons. The highest BCUT2D eigenvalue weighted by Gasteiger charge is 2.56. The number of halogens is 1. The third kappa shape index (κ3) is 5.68. The maximum absolute atomic E-state index is 15.7. The molecule has 1 aliphatic heterocycles. The third-order valence-corrected chi connectivity index (χ3v) is 10.1. The van der Waals surface area contributed by atoms with Crippen molar-refractivity contribution in [2.75, 3.05) is 6.61 Å². The smallest absolute Gasteiger partial charge is 0.459 e. The first-order valence-corrected chi connectivity index (χ1v) is 16.3. The highest BCUT2D eigenvalue weighted by atomic mass is 31.2. The average molecular weight is 644 g/mol. The van der Waals surface area contributed by atoms with Gasteiger partial charge in [0.1, 0.15) is 24.0 Å². The fraction of sp³-hybridized carbons (Fsp3) is 0.452. The van der Waals surface area contributed by atoms with Crippen LogP contribution < -0.4 is 20.9 Å². The molecule has 45 heavy (non-hydrogen) atoms. The molecule has 0 amide bonds. The highest BCUT2D eigenvalue weighted by molar-refractivity contribution is 7.52. The summed E-state index contributed by atoms with van der Waals surface area (Å²) in [5.41, 5.74) is 0.196. The van der Waals surface area contributed by atoms with E-state index in [1.54, 1.807) is 19.9 Å². The number of hydrogen-bond acceptors (Lipinski definition) is 9. The number of esters is 1. The lowest BCUT2D eigenvalue weighted by molar-refractivity contribution is -0.149. The zero-order chi connectivity index (χ0) is 32.3. The van der Waals surface area contributed by atoms with Gasteiger partial charge in [0.2, 0.25) is 0 Å². The van der Waals surface area contributed by atoms with Crippen LogP contribution in [-0.4, -0.2) is 57.3 Å². The van der Waals surface area contributed by atoms with Gasteiger partial charge >= 0.3 is 19.4 Å². The number of benzene rings is 2. The molecule has 14 heteroatoms. The minimum absolute atomic E-state index is 0.139. The van der Waals surface area contributed by atoms with E-state index in [2.05, 4.69) is 17.2 Å². The summed E-state index contributed by atoms with van der Waals surface area (Å²) in [4.78, 5) is 38.5. The van der Waals surface area contributed by atoms with Gasteiger partial charge in [-0.15, -0.1) is 0 Å². The van der Waals surface area contributed by atoms with Crippen LogP contribution in [-0.2, 0) is 28.8 Å². The molecule has 12 nitrogen and oxygen atoms in total. The van der Waals surface area contributed by atoms with Crippen molar-refractivity contribution in [1.29, 1.82) is 0 Å². The van der Waals surface area contributed by atoms with Crippen LogP contribution in [0.25, 0.3) is 11.1 Å². The van der Waals surface area contributed by atoms with Gasteiger partial charge in [-0.1, -0.05) is 30.3 Å². The van der Waals surface area contributed by atoms with E-state index in [-0.39, 0.29) is 11.2 Å². The molecular weight excluding hydrogens is 608 g/mol. The summed E-state index contributed by atoms with van der Waals surface area (Å²) in [5, 5.41) is 13.4. The van der Waals surface area contributed by atoms with Gasteiger partial charge in [0, 0.05) is 17.7 Å². The number of aromatic nitrogens is 2. The molecular formula is C31H35FN3O9P. The zero-order valence-corrected chi connectivity index (χ0v) is 26.1. The fourth-order valence-corrected chi connectivity index (χ4v) is 7.64. The molecule has 3 N–H and O–H groups in total. The molecule has 6 unspecified atom stereocenters. The lowest BCUT2D eigenvalue weighted by Crippen LogP contribution is -2.43. The van der Waals surface area contributed by atoms with E-state index in [1.165, 1.54) is 12.5 Å². The largest absolute Gasteiger partial charge is 0.462 e. The maximum atomic E-state index is 15.7. The van der Waals surface area contributed by atoms with Crippen molar-refractivity contribution in [1.82, 2.24) is 14.6 Å². The number of carbonyl (C=O) groups is 1. The molecule has 2 aliphatic carbocycles. The van der Waals surface area contributed by atoms with Crippen LogP contribution in [0.3, 0.4) is 0 Å². The zero-order valence-electron chi connectivity index (χ0n) is 25.2. The average Bonchev–Trinajstić information content (AvgIpc) is 3.69. The molecule has 1 saturated heterocycles. The van der Waals surface area contributed by atoms with Crippen molar-refractivity contribution in [3.8, 4) is 16.9 Å². The number of rotatable bonds is 10. The number of H-pyrrole nitrogens is 1. The molecule has 1 saturated carbocycles. The number of aliphatic hydroxyl groups is 1. The molecule has 2 heterocycles. The van der Waals surface area contributed by atoms with E-state index in [0.717, 1.165) is 53.3 Å². The van der Waals surface area contributed by atoms with Crippen molar-refractivity contribution in [3.05, 3.63) is 86.7 Å². The van der Waals surface area contributed by atoms with Gasteiger partial charge in [-0.3, -0.25) is 23.7 Å². The van der Waals surface area contributed by atoms with Gasteiger partial charge in [-0.25, -0.2) is 13.8 Å². The van der Waals surface area contributed by atoms with Crippen LogP contribution in [0, 0.1) is 0 Å². The highest BCUT2D eigenvalue weighted by Crippen LogP contribution is 2.63. The molecule has 240 valence electrons. The SMILES string of the molecule is CC(C)OC(=O)C(C)NP(=O)(OCC1OC(n2ccc(=O)[nH]c2=O)C(C)(F)C1O)Oc1ccc2c(c1)C1(CC1)c1ccccc1-2. The van der Waals surface area contributed by atoms with Crippen molar-refractivity contribution < 1.29 is 37.4 Å². The summed E-state index contributed by atoms with van der Waals surface area (Å²) >= 11 is 0. The quantitative estimate of drug-likeness (QED) is 0.220. The predicted octanol–water partition coefficient (Wildman–Crippen LogP) is 3.72. The Morgan fingerprint density at radius 1 is 1.16 bits per heavy atom. The van der Waals surface area contributed by atoms with Gasteiger partial charge < -0.3 is 19.1 Å². The van der Waals surface area contributed by atoms with Gasteiger partial charge in [-0.2, -0.15) is 5.09 Å². The number of alkyl halides is 1. The Morgan fingerprint density at radius 2 is 1.87 bits per heavy atom. The van der Waals surface area contributed by atoms with Gasteiger partial charge in [0.05, 0.1) is 12.7 Å². The Labute approximate surface area is 258 Å². The van der Waals surface area contributed by atoms with Crippen molar-refractivity contribution in [2.24, 2.45) is 0 Å². The third-order valence-electron chi connectivity index (χ3n) is 8.50. The number of nitrogens with one attached hydrogen (secondary N) is 2. The number of nitrogens with zero attached hydrogens (tertiary/aromatic N) is 1. The summed E-state index contributed by atoms with van der Waals surface area (Å²) < 4.78 is 53.4. The lowest BCUT2D eigenvalue weighted by atomic mass is 9.94. The molecule has 3 aliphatic rings. The van der Waals surface area contributed by atoms with E-state index in [9.17, 15) is 24.1 Å². The van der Waals surface area contributed by atoms with E-state index in [1.807, 2.05) is 29.2 Å². The molecule has 6 atom stereocenters. The lowest BCUT2D eigenvalue weighted by Gasteiger charge is -2.26. The summed E-state index contributed by atoms with van der Waals surface area (Å²) in [6.07, 6.45) is -2.33. The Kier molecular flexibility index (Phi) is 7.90. The van der Waals surface area contributed by atoms with Crippen LogP contribution in [0.1, 0.15) is 57.9 Å². The first-order valence-electron chi connectivity index (χ1n) is 14.7. The second-order valence-corrected chi connectivity index (χ2v) is 13.9. The number of aromatic amines is 1. The Bertz CT molecular complexity index is 1800. The molecule has 2 aromatic carbocycles. The number of fused-ring (bicyclic) bond motifs is 5. The molecule has 6 rings (SSSR count). The van der Waals surface area contributed by atoms with Crippen molar-refractivity contribution in [2.45, 2.75) is 82.2 Å². The minimum Gasteiger partial charge on any atom is -0.462 e. The van der Waals surface area contributed by atoms with Crippen LogP contribution in [0.2, 0.25) is 0 Å². The maximum Gasteiger partial charge on any atom is 0.459 e. The van der Waals surface area contributed by atoms with Crippen LogP contribution >= 0.6 is 7.75 Å². The number of ether oxygens (including phenoxy) is 2. The Hall–Kier alpha value is -3.61. The molecule has 0 bridgehead atoms. The Balaban J connectivity index is 1.26. The summed E-state index contributed by atoms with van der Waals surface area (Å²) in [7, 11) is -4.42. The number of carbonyl (C=O) groups excluding carboxylic acids is 1. The van der Waals surface area contributed by atoms with Crippen LogP contribution in [0.15, 0.2) is 64.3 Å². The van der Waals surface area contributed by atoms with E-state index < -0.39 is 67.8 Å². The van der Waals surface area contributed by atoms with Gasteiger partial charge in [0.25, 0.3) is 5.56 Å². The predicted molar refractivity (Wildman–Crippen MR) is 161 cm³/mol. The standard InChI is InChI=1S/C31H35FN3O9P/c1-17(2)42-27(38)18(3)34-45(40,41-16-24-26(37)30(4,32)28(43-24)35-14-11-25(36)33-29(35)39)44-19-9-10-21-20-7-5-6-8-22(20)31(12-13-31)23(21)15-19/h5-11,14-15,17-18,24,26,28,37H,12-13,16H2,1-4H3,(H,34,40)(H,33,36,39). The van der Waals surface area contributed by atoms with E-state index in [4.69, 9.17) is 18.5 Å². The number of hydrogen-bond donors (Lipinski definition) is 3. The van der Waals surface area contributed by atoms with E-state index >= 15 is 4.39 Å². The van der Waals surface area contributed by atoms with Crippen LogP contribution in [0.4, 0.5) is 4.39 Å². The van der Waals surface area contributed by atoms with Crippen molar-refractivity contribution >= 4 is 13.7 Å². The van der Waals surface area contributed by atoms with Crippen molar-refractivity contribution in [3.63, 3.8) is 0 Å². The first-order chi connectivity index (χ1) is 21.2. The van der Waals surface area contributed by atoms with E-state index in [0.29, 0.717) is 0 Å². The Morgan fingerprint density at radius 3 is 2.56 bits per heavy atom. The summed E-state index contributed by atoms with van der Waals surface area (Å²) in [6.45, 7) is 5.16. The summed E-state index contributed by atoms with van der Waals surface area (Å²) in [6, 6.07) is 13.4. The molecule has 2 fully saturated rings. The first kappa shape index (κ1) is 31.4. The topological polar surface area (TPSA) is 158 Å². The molecule has 1 aromatic heterocycles. The molecule has 1 spiro atoms. The van der Waals surface area contributed by atoms with Gasteiger partial charge in [-0.05, 0) is 74.9 Å². The van der Waals surface area contributed by atoms with Gasteiger partial charge in [0.15, 0.2) is 11.9 Å². The van der Waals surface area contributed by atoms with Crippen LogP contribution in [0.5, 0.6) is 5.75 Å². The fourth-order valence-electron chi connectivity index (χ4n) is 6.14. The monoisotopic (exact) mass is 643 g/mol. The second-order valence-electron chi connectivity index (χ2n) is 12.2. The molecule has 3 aromatic rings. The second kappa shape index (κ2) is 11.3.